The number of hydrogen-bond acceptors (Lipinski definition) is 1. The zero-order valence-corrected chi connectivity index (χ0v) is 14.9. The van der Waals surface area contributed by atoms with Crippen molar-refractivity contribution in [3.05, 3.63) is 59.7 Å². The fraction of sp³-hybridized carbons (Fsp3) is 0.350. The van der Waals surface area contributed by atoms with Crippen molar-refractivity contribution in [1.29, 1.82) is 0 Å². The van der Waals surface area contributed by atoms with Gasteiger partial charge >= 0.3 is 0 Å². The molecule has 1 aliphatic rings. The summed E-state index contributed by atoms with van der Waals surface area (Å²) in [5, 5.41) is 4.17. The summed E-state index contributed by atoms with van der Waals surface area (Å²) in [6.45, 7) is 6.70. The Morgan fingerprint density at radius 2 is 1.91 bits per heavy atom. The summed E-state index contributed by atoms with van der Waals surface area (Å²) >= 11 is 5.67. The minimum absolute atomic E-state index is 0.395. The highest BCUT2D eigenvalue weighted by Crippen LogP contribution is 2.32. The van der Waals surface area contributed by atoms with Crippen LogP contribution in [0, 0.1) is 0 Å². The number of nitrogens with zero attached hydrogens (tertiary/aromatic N) is 1. The second kappa shape index (κ2) is 6.71. The van der Waals surface area contributed by atoms with Gasteiger partial charge in [0.2, 0.25) is 0 Å². The molecule has 1 N–H and O–H groups in total. The highest BCUT2D eigenvalue weighted by atomic mass is 32.1. The average Bonchev–Trinajstić information content (AvgIpc) is 2.90. The van der Waals surface area contributed by atoms with Gasteiger partial charge in [-0.25, -0.2) is 0 Å². The Bertz CT molecular complexity index is 693. The van der Waals surface area contributed by atoms with Crippen molar-refractivity contribution in [1.82, 2.24) is 0 Å². The number of para-hydroxylation sites is 1. The van der Waals surface area contributed by atoms with E-state index in [1.165, 1.54) is 16.8 Å². The van der Waals surface area contributed by atoms with Crippen LogP contribution in [-0.4, -0.2) is 11.2 Å². The van der Waals surface area contributed by atoms with Crippen molar-refractivity contribution < 1.29 is 0 Å². The molecule has 2 nitrogen and oxygen atoms in total. The molecule has 120 valence electrons. The van der Waals surface area contributed by atoms with E-state index in [4.69, 9.17) is 12.2 Å². The van der Waals surface area contributed by atoms with E-state index in [9.17, 15) is 0 Å². The van der Waals surface area contributed by atoms with E-state index in [0.717, 1.165) is 23.6 Å². The van der Waals surface area contributed by atoms with Gasteiger partial charge in [0.15, 0.2) is 5.11 Å². The number of hydrogen-bond donors (Lipinski definition) is 1. The third kappa shape index (κ3) is 3.25. The molecule has 2 aromatic rings. The van der Waals surface area contributed by atoms with Gasteiger partial charge in [0.25, 0.3) is 0 Å². The first-order valence-corrected chi connectivity index (χ1v) is 8.79. The van der Waals surface area contributed by atoms with Gasteiger partial charge in [-0.2, -0.15) is 0 Å². The first kappa shape index (κ1) is 16.0. The van der Waals surface area contributed by atoms with E-state index < -0.39 is 0 Å². The largest absolute Gasteiger partial charge is 0.332 e. The topological polar surface area (TPSA) is 15.3 Å². The number of nitrogens with one attached hydrogen (secondary N) is 1. The van der Waals surface area contributed by atoms with Crippen molar-refractivity contribution in [2.45, 2.75) is 45.6 Å². The van der Waals surface area contributed by atoms with Crippen molar-refractivity contribution in [2.75, 3.05) is 10.2 Å². The molecular formula is C20H24N2S. The molecule has 23 heavy (non-hydrogen) atoms. The van der Waals surface area contributed by atoms with Crippen LogP contribution in [0.2, 0.25) is 0 Å². The zero-order chi connectivity index (χ0) is 16.4. The molecule has 0 bridgehead atoms. The smallest absolute Gasteiger partial charge is 0.178 e. The number of thiocarbonyl (C=S) groups is 1. The third-order valence-corrected chi connectivity index (χ3v) is 5.07. The summed E-state index contributed by atoms with van der Waals surface area (Å²) in [6, 6.07) is 17.6. The Kier molecular flexibility index (Phi) is 4.67. The Hall–Kier alpha value is -1.87. The number of rotatable bonds is 3. The highest BCUT2D eigenvalue weighted by Gasteiger charge is 2.28. The molecule has 0 spiro atoms. The number of anilines is 2. The van der Waals surface area contributed by atoms with Crippen molar-refractivity contribution in [3.63, 3.8) is 0 Å². The lowest BCUT2D eigenvalue weighted by molar-refractivity contribution is 0.734. The van der Waals surface area contributed by atoms with E-state index in [1.807, 2.05) is 0 Å². The molecule has 0 aromatic heterocycles. The molecule has 1 heterocycles. The first-order chi connectivity index (χ1) is 11.1. The minimum Gasteiger partial charge on any atom is -0.332 e. The van der Waals surface area contributed by atoms with Crippen LogP contribution >= 0.6 is 12.2 Å². The summed E-state index contributed by atoms with van der Waals surface area (Å²) in [7, 11) is 0. The molecule has 3 rings (SSSR count). The van der Waals surface area contributed by atoms with Crippen molar-refractivity contribution in [3.8, 4) is 0 Å². The van der Waals surface area contributed by atoms with Gasteiger partial charge in [-0.15, -0.1) is 0 Å². The quantitative estimate of drug-likeness (QED) is 0.766. The van der Waals surface area contributed by atoms with Crippen molar-refractivity contribution >= 4 is 28.7 Å². The summed E-state index contributed by atoms with van der Waals surface area (Å²) < 4.78 is 0. The Labute approximate surface area is 144 Å². The van der Waals surface area contributed by atoms with Gasteiger partial charge < -0.3 is 10.2 Å². The normalized spacial score (nSPS) is 17.7. The molecule has 0 saturated carbocycles. The van der Waals surface area contributed by atoms with Crippen LogP contribution in [0.4, 0.5) is 11.4 Å². The van der Waals surface area contributed by atoms with Crippen LogP contribution in [0.1, 0.15) is 44.2 Å². The molecule has 0 saturated heterocycles. The molecule has 1 aliphatic heterocycles. The minimum atomic E-state index is 0.395. The lowest BCUT2D eigenvalue weighted by atomic mass is 9.99. The predicted molar refractivity (Wildman–Crippen MR) is 103 cm³/mol. The fourth-order valence-electron chi connectivity index (χ4n) is 3.19. The lowest BCUT2D eigenvalue weighted by Gasteiger charge is -2.26. The van der Waals surface area contributed by atoms with Gasteiger partial charge in [0, 0.05) is 17.4 Å². The highest BCUT2D eigenvalue weighted by molar-refractivity contribution is 7.80. The molecule has 0 radical (unpaired) electrons. The molecule has 0 amide bonds. The SMILES string of the molecule is CCC(C)c1ccc(NC(=S)N2c3ccccc3CC2C)cc1. The van der Waals surface area contributed by atoms with Crippen LogP contribution < -0.4 is 10.2 Å². The van der Waals surface area contributed by atoms with E-state index in [1.54, 1.807) is 0 Å². The maximum Gasteiger partial charge on any atom is 0.178 e. The second-order valence-corrected chi connectivity index (χ2v) is 6.80. The third-order valence-electron chi connectivity index (χ3n) is 4.77. The molecular weight excluding hydrogens is 300 g/mol. The maximum absolute atomic E-state index is 5.67. The molecule has 0 aliphatic carbocycles. The number of fused-ring (bicyclic) bond motifs is 1. The average molecular weight is 324 g/mol. The molecule has 2 unspecified atom stereocenters. The Balaban J connectivity index is 1.75. The monoisotopic (exact) mass is 324 g/mol. The first-order valence-electron chi connectivity index (χ1n) is 8.38. The second-order valence-electron chi connectivity index (χ2n) is 6.41. The summed E-state index contributed by atoms with van der Waals surface area (Å²) in [6.07, 6.45) is 2.21. The van der Waals surface area contributed by atoms with Gasteiger partial charge in [0.05, 0.1) is 0 Å². The van der Waals surface area contributed by atoms with Gasteiger partial charge in [0.1, 0.15) is 0 Å². The predicted octanol–water partition coefficient (Wildman–Crippen LogP) is 5.35. The summed E-state index contributed by atoms with van der Waals surface area (Å²) in [5.74, 6) is 0.599. The van der Waals surface area contributed by atoms with Crippen LogP contribution in [0.5, 0.6) is 0 Å². The summed E-state index contributed by atoms with van der Waals surface area (Å²) in [5.41, 5.74) is 5.03. The lowest BCUT2D eigenvalue weighted by Crippen LogP contribution is -2.38. The molecule has 0 fully saturated rings. The Morgan fingerprint density at radius 1 is 1.22 bits per heavy atom. The Morgan fingerprint density at radius 3 is 2.61 bits per heavy atom. The van der Waals surface area contributed by atoms with Crippen LogP contribution in [0.25, 0.3) is 0 Å². The number of benzene rings is 2. The van der Waals surface area contributed by atoms with E-state index in [0.29, 0.717) is 12.0 Å². The van der Waals surface area contributed by atoms with Crippen molar-refractivity contribution in [2.24, 2.45) is 0 Å². The maximum atomic E-state index is 5.67. The molecule has 3 heteroatoms. The van der Waals surface area contributed by atoms with Crippen LogP contribution in [-0.2, 0) is 6.42 Å². The molecule has 2 aromatic carbocycles. The van der Waals surface area contributed by atoms with Crippen LogP contribution in [0.15, 0.2) is 48.5 Å². The standard InChI is InChI=1S/C20H24N2S/c1-4-14(2)16-9-11-18(12-10-16)21-20(23)22-15(3)13-17-7-5-6-8-19(17)22/h5-12,14-15H,4,13H2,1-3H3,(H,21,23). The van der Waals surface area contributed by atoms with E-state index in [-0.39, 0.29) is 0 Å². The van der Waals surface area contributed by atoms with Gasteiger partial charge in [-0.3, -0.25) is 0 Å². The van der Waals surface area contributed by atoms with Gasteiger partial charge in [-0.1, -0.05) is 44.2 Å². The van der Waals surface area contributed by atoms with E-state index in [2.05, 4.69) is 79.5 Å². The van der Waals surface area contributed by atoms with Gasteiger partial charge in [-0.05, 0) is 67.2 Å². The fourth-order valence-corrected chi connectivity index (χ4v) is 3.59. The van der Waals surface area contributed by atoms with Crippen LogP contribution in [0.3, 0.4) is 0 Å². The zero-order valence-electron chi connectivity index (χ0n) is 14.0. The summed E-state index contributed by atoms with van der Waals surface area (Å²) in [4.78, 5) is 2.23. The van der Waals surface area contributed by atoms with E-state index >= 15 is 0 Å². The molecule has 2 atom stereocenters.